The molecule has 9 nitrogen and oxygen atoms in total. The first-order chi connectivity index (χ1) is 7.50. The normalized spacial score (nSPS) is 9.75. The van der Waals surface area contributed by atoms with Gasteiger partial charge in [-0.05, 0) is 0 Å². The molecule has 0 aliphatic rings. The first-order valence-electron chi connectivity index (χ1n) is 4.22. The molecule has 0 atom stereocenters. The highest BCUT2D eigenvalue weighted by Crippen LogP contribution is 1.98. The molecule has 1 rings (SSSR count). The number of hydrogen-bond donors (Lipinski definition) is 3. The third kappa shape index (κ3) is 3.04. The lowest BCUT2D eigenvalue weighted by Crippen LogP contribution is -2.43. The average molecular weight is 226 g/mol. The van der Waals surface area contributed by atoms with Crippen LogP contribution in [0.3, 0.4) is 0 Å². The van der Waals surface area contributed by atoms with Gasteiger partial charge in [0.15, 0.2) is 5.69 Å². The van der Waals surface area contributed by atoms with Gasteiger partial charge >= 0.3 is 0 Å². The number of primary amides is 2. The van der Waals surface area contributed by atoms with Crippen molar-refractivity contribution in [3.63, 3.8) is 0 Å². The maximum absolute atomic E-state index is 11.7. The van der Waals surface area contributed by atoms with Crippen LogP contribution in [0.1, 0.15) is 10.5 Å². The van der Waals surface area contributed by atoms with Crippen LogP contribution in [0.5, 0.6) is 0 Å². The van der Waals surface area contributed by atoms with E-state index in [4.69, 9.17) is 11.5 Å². The summed E-state index contributed by atoms with van der Waals surface area (Å²) in [4.78, 5) is 34.0. The van der Waals surface area contributed by atoms with E-state index in [-0.39, 0.29) is 5.69 Å². The Morgan fingerprint density at radius 3 is 2.19 bits per heavy atom. The molecule has 0 saturated heterocycles. The summed E-state index contributed by atoms with van der Waals surface area (Å²) >= 11 is 0. The number of amides is 3. The fourth-order valence-corrected chi connectivity index (χ4v) is 1.04. The fourth-order valence-electron chi connectivity index (χ4n) is 1.04. The second kappa shape index (κ2) is 4.87. The molecule has 3 amide bonds. The summed E-state index contributed by atoms with van der Waals surface area (Å²) < 4.78 is 0. The summed E-state index contributed by atoms with van der Waals surface area (Å²) in [5.74, 6) is -2.15. The lowest BCUT2D eigenvalue weighted by Gasteiger charge is -2.17. The van der Waals surface area contributed by atoms with E-state index < -0.39 is 30.8 Å². The number of carbonyl (C=O) groups is 3. The zero-order valence-corrected chi connectivity index (χ0v) is 8.21. The summed E-state index contributed by atoms with van der Waals surface area (Å²) in [5.41, 5.74) is 9.84. The minimum Gasteiger partial charge on any atom is -0.368 e. The van der Waals surface area contributed by atoms with Crippen LogP contribution in [-0.4, -0.2) is 51.1 Å². The van der Waals surface area contributed by atoms with Gasteiger partial charge in [-0.3, -0.25) is 14.4 Å². The Bertz CT molecular complexity index is 384. The van der Waals surface area contributed by atoms with Crippen LogP contribution in [0.4, 0.5) is 0 Å². The van der Waals surface area contributed by atoms with Crippen molar-refractivity contribution in [3.05, 3.63) is 11.9 Å². The van der Waals surface area contributed by atoms with Crippen LogP contribution in [-0.2, 0) is 9.59 Å². The lowest BCUT2D eigenvalue weighted by molar-refractivity contribution is -0.121. The van der Waals surface area contributed by atoms with E-state index in [1.165, 1.54) is 0 Å². The van der Waals surface area contributed by atoms with Crippen molar-refractivity contribution in [2.24, 2.45) is 11.5 Å². The third-order valence-electron chi connectivity index (χ3n) is 1.61. The molecular formula is C7H10N6O3. The van der Waals surface area contributed by atoms with Gasteiger partial charge in [-0.25, -0.2) is 0 Å². The monoisotopic (exact) mass is 226 g/mol. The van der Waals surface area contributed by atoms with E-state index >= 15 is 0 Å². The molecule has 0 radical (unpaired) electrons. The Hall–Kier alpha value is -2.45. The van der Waals surface area contributed by atoms with E-state index in [1.54, 1.807) is 0 Å². The summed E-state index contributed by atoms with van der Waals surface area (Å²) in [5, 5.41) is 9.18. The fraction of sp³-hybridized carbons (Fsp3) is 0.286. The molecule has 86 valence electrons. The van der Waals surface area contributed by atoms with Crippen molar-refractivity contribution in [1.82, 2.24) is 20.3 Å². The van der Waals surface area contributed by atoms with Gasteiger partial charge in [0.2, 0.25) is 11.8 Å². The Balaban J connectivity index is 2.79. The summed E-state index contributed by atoms with van der Waals surface area (Å²) in [7, 11) is 0. The van der Waals surface area contributed by atoms with Crippen molar-refractivity contribution >= 4 is 17.7 Å². The highest BCUT2D eigenvalue weighted by molar-refractivity contribution is 5.96. The Labute approximate surface area is 89.8 Å². The molecule has 9 heteroatoms. The van der Waals surface area contributed by atoms with Crippen molar-refractivity contribution in [3.8, 4) is 0 Å². The van der Waals surface area contributed by atoms with E-state index in [0.717, 1.165) is 11.1 Å². The highest BCUT2D eigenvalue weighted by Gasteiger charge is 2.21. The number of rotatable bonds is 5. The maximum Gasteiger partial charge on any atom is 0.276 e. The zero-order chi connectivity index (χ0) is 12.1. The molecule has 16 heavy (non-hydrogen) atoms. The summed E-state index contributed by atoms with van der Waals surface area (Å²) in [6.07, 6.45) is 1.16. The van der Waals surface area contributed by atoms with Crippen LogP contribution in [0.2, 0.25) is 0 Å². The second-order valence-electron chi connectivity index (χ2n) is 2.95. The molecule has 0 aliphatic heterocycles. The molecule has 1 aromatic rings. The number of aromatic amines is 1. The second-order valence-corrected chi connectivity index (χ2v) is 2.95. The van der Waals surface area contributed by atoms with Gasteiger partial charge < -0.3 is 16.4 Å². The SMILES string of the molecule is NC(=O)CN(CC(N)=O)C(=O)c1cn[nH]n1. The molecule has 0 aliphatic carbocycles. The molecule has 1 aromatic heterocycles. The number of aromatic nitrogens is 3. The van der Waals surface area contributed by atoms with E-state index in [1.807, 2.05) is 0 Å². The van der Waals surface area contributed by atoms with Gasteiger partial charge in [-0.1, -0.05) is 0 Å². The van der Waals surface area contributed by atoms with Gasteiger partial charge in [0.1, 0.15) is 13.1 Å². The molecule has 0 saturated carbocycles. The number of nitrogens with one attached hydrogen (secondary N) is 1. The van der Waals surface area contributed by atoms with Gasteiger partial charge in [-0.2, -0.15) is 15.4 Å². The minimum atomic E-state index is -0.752. The Morgan fingerprint density at radius 2 is 1.81 bits per heavy atom. The van der Waals surface area contributed by atoms with E-state index in [0.29, 0.717) is 0 Å². The Kier molecular flexibility index (Phi) is 3.53. The number of carbonyl (C=O) groups excluding carboxylic acids is 3. The number of nitrogens with zero attached hydrogens (tertiary/aromatic N) is 3. The van der Waals surface area contributed by atoms with Crippen LogP contribution in [0, 0.1) is 0 Å². The zero-order valence-electron chi connectivity index (χ0n) is 8.21. The van der Waals surface area contributed by atoms with Crippen molar-refractivity contribution < 1.29 is 14.4 Å². The van der Waals surface area contributed by atoms with Crippen LogP contribution < -0.4 is 11.5 Å². The lowest BCUT2D eigenvalue weighted by atomic mass is 10.3. The molecule has 0 unspecified atom stereocenters. The average Bonchev–Trinajstić information content (AvgIpc) is 2.66. The largest absolute Gasteiger partial charge is 0.368 e. The van der Waals surface area contributed by atoms with E-state index in [9.17, 15) is 14.4 Å². The quantitative estimate of drug-likeness (QED) is 0.496. The molecule has 0 fully saturated rings. The van der Waals surface area contributed by atoms with Gasteiger partial charge in [0, 0.05) is 0 Å². The van der Waals surface area contributed by atoms with Crippen LogP contribution >= 0.6 is 0 Å². The van der Waals surface area contributed by atoms with Crippen molar-refractivity contribution in [2.45, 2.75) is 0 Å². The van der Waals surface area contributed by atoms with Gasteiger partial charge in [0.25, 0.3) is 5.91 Å². The number of nitrogens with two attached hydrogens (primary N) is 2. The number of H-pyrrole nitrogens is 1. The van der Waals surface area contributed by atoms with Crippen molar-refractivity contribution in [2.75, 3.05) is 13.1 Å². The third-order valence-corrected chi connectivity index (χ3v) is 1.61. The first-order valence-corrected chi connectivity index (χ1v) is 4.22. The van der Waals surface area contributed by atoms with Crippen molar-refractivity contribution in [1.29, 1.82) is 0 Å². The highest BCUT2D eigenvalue weighted by atomic mass is 16.2. The smallest absolute Gasteiger partial charge is 0.276 e. The molecule has 1 heterocycles. The minimum absolute atomic E-state index is 0.0255. The number of hydrogen-bond acceptors (Lipinski definition) is 5. The van der Waals surface area contributed by atoms with Crippen LogP contribution in [0.25, 0.3) is 0 Å². The molecule has 0 bridgehead atoms. The molecule has 5 N–H and O–H groups in total. The maximum atomic E-state index is 11.7. The van der Waals surface area contributed by atoms with E-state index in [2.05, 4.69) is 15.4 Å². The molecular weight excluding hydrogens is 216 g/mol. The standard InChI is InChI=1S/C7H10N6O3/c8-5(14)2-13(3-6(9)15)7(16)4-1-10-12-11-4/h1H,2-3H2,(H2,8,14)(H2,9,15)(H,10,11,12). The predicted molar refractivity (Wildman–Crippen MR) is 50.7 cm³/mol. The predicted octanol–water partition coefficient (Wildman–Crippen LogP) is -2.78. The summed E-state index contributed by atoms with van der Waals surface area (Å²) in [6, 6.07) is 0. The summed E-state index contributed by atoms with van der Waals surface area (Å²) in [6.45, 7) is -0.816. The molecule has 0 aromatic carbocycles. The van der Waals surface area contributed by atoms with Gasteiger partial charge in [-0.15, -0.1) is 0 Å². The topological polar surface area (TPSA) is 148 Å². The molecule has 0 spiro atoms. The Morgan fingerprint density at radius 1 is 1.25 bits per heavy atom. The first kappa shape index (κ1) is 11.6. The van der Waals surface area contributed by atoms with Crippen LogP contribution in [0.15, 0.2) is 6.20 Å². The van der Waals surface area contributed by atoms with Gasteiger partial charge in [0.05, 0.1) is 6.20 Å².